The highest BCUT2D eigenvalue weighted by Gasteiger charge is 2.24. The smallest absolute Gasteiger partial charge is 0.147 e. The first-order chi connectivity index (χ1) is 8.79. The molecule has 0 saturated carbocycles. The van der Waals surface area contributed by atoms with Crippen LogP contribution in [0.1, 0.15) is 11.1 Å². The number of nitrogens with zero attached hydrogens (tertiary/aromatic N) is 1. The Labute approximate surface area is 115 Å². The zero-order chi connectivity index (χ0) is 14.2. The van der Waals surface area contributed by atoms with E-state index in [1.807, 2.05) is 17.6 Å². The van der Waals surface area contributed by atoms with Gasteiger partial charge in [0.1, 0.15) is 18.1 Å². The Morgan fingerprint density at radius 2 is 1.95 bits per heavy atom. The van der Waals surface area contributed by atoms with Gasteiger partial charge in [-0.25, -0.2) is 4.39 Å². The van der Waals surface area contributed by atoms with E-state index in [0.29, 0.717) is 0 Å². The van der Waals surface area contributed by atoms with Crippen LogP contribution in [0.2, 0.25) is 19.6 Å². The number of allylic oxidation sites excluding steroid dienone is 2. The molecule has 0 N–H and O–H groups in total. The van der Waals surface area contributed by atoms with Gasteiger partial charge in [-0.05, 0) is 11.6 Å². The zero-order valence-electron chi connectivity index (χ0n) is 12.0. The Bertz CT molecular complexity index is 579. The summed E-state index contributed by atoms with van der Waals surface area (Å²) in [6.07, 6.45) is 6.36. The van der Waals surface area contributed by atoms with Crippen molar-refractivity contribution >= 4 is 14.8 Å². The Balaban J connectivity index is 2.34. The molecule has 2 rings (SSSR count). The van der Waals surface area contributed by atoms with E-state index in [4.69, 9.17) is 0 Å². The van der Waals surface area contributed by atoms with Crippen LogP contribution in [0.5, 0.6) is 0 Å². The summed E-state index contributed by atoms with van der Waals surface area (Å²) in [5.41, 5.74) is 1.96. The van der Waals surface area contributed by atoms with Gasteiger partial charge in [-0.2, -0.15) is 0 Å². The summed E-state index contributed by atoms with van der Waals surface area (Å²) in [6, 6.07) is 5.88. The Hall–Kier alpha value is -1.61. The molecule has 1 aliphatic heterocycles. The molecule has 0 aromatic heterocycles. The van der Waals surface area contributed by atoms with Gasteiger partial charge in [0, 0.05) is 0 Å². The molecule has 0 unspecified atom stereocenters. The van der Waals surface area contributed by atoms with Crippen molar-refractivity contribution in [1.82, 2.24) is 0 Å². The fraction of sp³-hybridized carbons (Fsp3) is 0.250. The number of rotatable bonds is 2. The maximum Gasteiger partial charge on any atom is 0.147 e. The molecule has 1 aromatic rings. The molecule has 1 aromatic carbocycles. The van der Waals surface area contributed by atoms with Gasteiger partial charge in [0.25, 0.3) is 0 Å². The third kappa shape index (κ3) is 2.87. The Kier molecular flexibility index (Phi) is 3.50. The van der Waals surface area contributed by atoms with Crippen LogP contribution in [-0.2, 0) is 0 Å². The van der Waals surface area contributed by atoms with Gasteiger partial charge in [0.15, 0.2) is 0 Å². The van der Waals surface area contributed by atoms with Crippen LogP contribution < -0.4 is 0 Å². The van der Waals surface area contributed by atoms with Crippen molar-refractivity contribution in [3.05, 3.63) is 64.7 Å². The van der Waals surface area contributed by atoms with E-state index in [2.05, 4.69) is 44.7 Å². The second-order valence-corrected chi connectivity index (χ2v) is 11.1. The van der Waals surface area contributed by atoms with Crippen LogP contribution in [-0.4, -0.2) is 19.4 Å². The molecule has 0 fully saturated rings. The van der Waals surface area contributed by atoms with Crippen LogP contribution in [0.4, 0.5) is 4.39 Å². The van der Waals surface area contributed by atoms with Gasteiger partial charge in [-0.15, -0.1) is 6.08 Å². The molecule has 1 heterocycles. The van der Waals surface area contributed by atoms with E-state index < -0.39 is 8.07 Å². The predicted octanol–water partition coefficient (Wildman–Crippen LogP) is 4.06. The Morgan fingerprint density at radius 3 is 2.47 bits per heavy atom. The lowest BCUT2D eigenvalue weighted by molar-refractivity contribution is -0.418. The monoisotopic (exact) mass is 273 g/mol. The third-order valence-corrected chi connectivity index (χ3v) is 5.38. The lowest BCUT2D eigenvalue weighted by Gasteiger charge is -2.26. The second kappa shape index (κ2) is 4.81. The quantitative estimate of drug-likeness (QED) is 0.434. The van der Waals surface area contributed by atoms with E-state index in [1.54, 1.807) is 6.07 Å². The normalized spacial score (nSPS) is 15.7. The van der Waals surface area contributed by atoms with Crippen molar-refractivity contribution in [2.75, 3.05) is 0 Å². The highest BCUT2D eigenvalue weighted by molar-refractivity contribution is 6.83. The van der Waals surface area contributed by atoms with Gasteiger partial charge < -0.3 is 0 Å². The van der Waals surface area contributed by atoms with Crippen LogP contribution in [0.15, 0.2) is 41.7 Å². The van der Waals surface area contributed by atoms with Gasteiger partial charge in [0.05, 0.1) is 14.8 Å². The van der Waals surface area contributed by atoms with E-state index in [9.17, 15) is 4.39 Å². The highest BCUT2D eigenvalue weighted by Crippen LogP contribution is 2.28. The molecule has 0 radical (unpaired) electrons. The standard InChI is InChI=1S/C16H20FNSi/c1-12-10-13(17)6-8-15(12)16-9-7-14(11-18(16)2)19(3,4)5/h6-11H,2H2,1,3-5H3. The molecule has 0 saturated heterocycles. The lowest BCUT2D eigenvalue weighted by atomic mass is 9.99. The summed E-state index contributed by atoms with van der Waals surface area (Å²) >= 11 is 0. The molecule has 0 aliphatic carbocycles. The number of benzene rings is 1. The molecular weight excluding hydrogens is 253 g/mol. The van der Waals surface area contributed by atoms with E-state index >= 15 is 0 Å². The number of halogens is 1. The summed E-state index contributed by atoms with van der Waals surface area (Å²) in [4.78, 5) is 0. The fourth-order valence-corrected chi connectivity index (χ4v) is 3.27. The first-order valence-electron chi connectivity index (χ1n) is 6.42. The minimum absolute atomic E-state index is 0.199. The molecule has 1 aliphatic rings. The van der Waals surface area contributed by atoms with Crippen molar-refractivity contribution in [3.8, 4) is 0 Å². The van der Waals surface area contributed by atoms with Crippen LogP contribution in [0.3, 0.4) is 0 Å². The van der Waals surface area contributed by atoms with Crippen molar-refractivity contribution in [3.63, 3.8) is 0 Å². The average Bonchev–Trinajstić information content (AvgIpc) is 2.28. The van der Waals surface area contributed by atoms with E-state index in [1.165, 1.54) is 11.3 Å². The molecule has 0 atom stereocenters. The molecule has 0 bridgehead atoms. The summed E-state index contributed by atoms with van der Waals surface area (Å²) in [5.74, 6) is -0.199. The predicted molar refractivity (Wildman–Crippen MR) is 81.4 cm³/mol. The molecule has 0 spiro atoms. The minimum atomic E-state index is -1.33. The average molecular weight is 273 g/mol. The van der Waals surface area contributed by atoms with Crippen molar-refractivity contribution < 1.29 is 8.97 Å². The topological polar surface area (TPSA) is 3.01 Å². The lowest BCUT2D eigenvalue weighted by Crippen LogP contribution is -2.27. The maximum atomic E-state index is 13.2. The number of aryl methyl sites for hydroxylation is 1. The molecule has 100 valence electrons. The summed E-state index contributed by atoms with van der Waals surface area (Å²) in [7, 11) is -1.33. The first kappa shape index (κ1) is 13.8. The maximum absolute atomic E-state index is 13.2. The summed E-state index contributed by atoms with van der Waals surface area (Å²) in [6.45, 7) is 12.9. The first-order valence-corrected chi connectivity index (χ1v) is 9.92. The number of hydrogen-bond donors (Lipinski definition) is 0. The van der Waals surface area contributed by atoms with Gasteiger partial charge in [-0.1, -0.05) is 55.5 Å². The molecule has 3 heteroatoms. The highest BCUT2D eigenvalue weighted by atomic mass is 28.3. The Morgan fingerprint density at radius 1 is 1.26 bits per heavy atom. The van der Waals surface area contributed by atoms with Crippen molar-refractivity contribution in [2.45, 2.75) is 26.6 Å². The van der Waals surface area contributed by atoms with E-state index in [-0.39, 0.29) is 5.82 Å². The van der Waals surface area contributed by atoms with Gasteiger partial charge in [0.2, 0.25) is 0 Å². The SMILES string of the molecule is C=[N+]1C=C([Si](C)(C)C)C=C[C-]1c1ccc(F)cc1C. The number of hydrogen-bond acceptors (Lipinski definition) is 0. The van der Waals surface area contributed by atoms with Crippen LogP contribution >= 0.6 is 0 Å². The zero-order valence-corrected chi connectivity index (χ0v) is 13.0. The summed E-state index contributed by atoms with van der Waals surface area (Å²) < 4.78 is 15.1. The molecule has 1 nitrogen and oxygen atoms in total. The van der Waals surface area contributed by atoms with Crippen molar-refractivity contribution in [1.29, 1.82) is 0 Å². The van der Waals surface area contributed by atoms with E-state index in [0.717, 1.165) is 17.2 Å². The van der Waals surface area contributed by atoms with Gasteiger partial charge >= 0.3 is 0 Å². The third-order valence-electron chi connectivity index (χ3n) is 3.36. The second-order valence-electron chi connectivity index (χ2n) is 5.98. The van der Waals surface area contributed by atoms with Gasteiger partial charge in [-0.3, -0.25) is 4.58 Å². The largest absolute Gasteiger partial charge is 0.255 e. The van der Waals surface area contributed by atoms with Crippen molar-refractivity contribution in [2.24, 2.45) is 0 Å². The molecular formula is C16H20FNSi. The van der Waals surface area contributed by atoms with Crippen LogP contribution in [0, 0.1) is 18.8 Å². The van der Waals surface area contributed by atoms with Crippen LogP contribution in [0.25, 0.3) is 0 Å². The summed E-state index contributed by atoms with van der Waals surface area (Å²) in [5, 5.41) is 1.37. The minimum Gasteiger partial charge on any atom is -0.255 e. The molecule has 0 amide bonds. The molecule has 19 heavy (non-hydrogen) atoms. The fourth-order valence-electron chi connectivity index (χ4n) is 2.15.